The molecule has 1 aliphatic carbocycles. The summed E-state index contributed by atoms with van der Waals surface area (Å²) < 4.78 is 0.575. The van der Waals surface area contributed by atoms with Crippen molar-refractivity contribution in [2.75, 3.05) is 25.9 Å². The van der Waals surface area contributed by atoms with Gasteiger partial charge >= 0.3 is 0 Å². The molecule has 146 valence electrons. The summed E-state index contributed by atoms with van der Waals surface area (Å²) in [6.45, 7) is 0.147. The van der Waals surface area contributed by atoms with Gasteiger partial charge in [0, 0.05) is 27.6 Å². The van der Waals surface area contributed by atoms with E-state index in [-0.39, 0.29) is 23.2 Å². The summed E-state index contributed by atoms with van der Waals surface area (Å²) in [7, 11) is 4.08. The second kappa shape index (κ2) is 8.87. The molecular weight excluding hydrogens is 469 g/mol. The molecule has 0 amide bonds. The quantitative estimate of drug-likeness (QED) is 0.384. The van der Waals surface area contributed by atoms with E-state index < -0.39 is 0 Å². The molecule has 28 heavy (non-hydrogen) atoms. The zero-order valence-corrected chi connectivity index (χ0v) is 17.8. The number of rotatable bonds is 5. The molecular formula is C21H21IN3O3-. The van der Waals surface area contributed by atoms with Crippen LogP contribution in [-0.4, -0.2) is 47.5 Å². The third kappa shape index (κ3) is 4.79. The number of carbonyl (C=O) groups excluding carboxylic acids is 1. The van der Waals surface area contributed by atoms with E-state index in [1.807, 2.05) is 61.2 Å². The lowest BCUT2D eigenvalue weighted by Gasteiger charge is -2.24. The molecule has 0 radical (unpaired) electrons. The fraction of sp³-hybridized carbons (Fsp3) is 0.190. The van der Waals surface area contributed by atoms with Crippen LogP contribution in [0.25, 0.3) is 0 Å². The highest BCUT2D eigenvalue weighted by molar-refractivity contribution is 14.1. The Balaban J connectivity index is 1.67. The highest BCUT2D eigenvalue weighted by atomic mass is 127. The van der Waals surface area contributed by atoms with Gasteiger partial charge in [0.05, 0.1) is 12.2 Å². The largest absolute Gasteiger partial charge is 0.733 e. The normalized spacial score (nSPS) is 18.4. The molecule has 7 heteroatoms. The third-order valence-electron chi connectivity index (χ3n) is 4.57. The molecule has 0 atom stereocenters. The van der Waals surface area contributed by atoms with Crippen LogP contribution in [0, 0.1) is 8.78 Å². The molecule has 1 heterocycles. The Morgan fingerprint density at radius 3 is 2.32 bits per heavy atom. The minimum Gasteiger partial charge on any atom is -0.733 e. The Hall–Kier alpha value is -2.20. The maximum atomic E-state index is 12.5. The van der Waals surface area contributed by atoms with E-state index >= 15 is 0 Å². The number of benzene rings is 1. The maximum absolute atomic E-state index is 12.5. The van der Waals surface area contributed by atoms with E-state index in [2.05, 4.69) is 29.2 Å². The number of anilines is 1. The molecule has 0 spiro atoms. The summed E-state index contributed by atoms with van der Waals surface area (Å²) in [4.78, 5) is 16.4. The molecule has 1 aromatic carbocycles. The molecule has 0 saturated heterocycles. The molecule has 0 bridgehead atoms. The molecule has 3 rings (SSSR count). The van der Waals surface area contributed by atoms with E-state index in [1.54, 1.807) is 17.0 Å². The van der Waals surface area contributed by atoms with Gasteiger partial charge < -0.3 is 15.3 Å². The molecule has 1 aliphatic heterocycles. The first-order valence-corrected chi connectivity index (χ1v) is 9.81. The van der Waals surface area contributed by atoms with Crippen molar-refractivity contribution in [1.82, 2.24) is 9.80 Å². The van der Waals surface area contributed by atoms with Crippen molar-refractivity contribution in [2.45, 2.75) is 6.04 Å². The molecule has 6 nitrogen and oxygen atoms in total. The summed E-state index contributed by atoms with van der Waals surface area (Å²) in [5, 5.41) is 20.1. The zero-order valence-electron chi connectivity index (χ0n) is 15.6. The Labute approximate surface area is 178 Å². The van der Waals surface area contributed by atoms with Gasteiger partial charge in [-0.3, -0.25) is 14.9 Å². The second-order valence-corrected chi connectivity index (χ2v) is 7.91. The van der Waals surface area contributed by atoms with Gasteiger partial charge in [-0.05, 0) is 72.1 Å². The first kappa shape index (κ1) is 20.5. The minimum absolute atomic E-state index is 0.0649. The van der Waals surface area contributed by atoms with Gasteiger partial charge in [0.2, 0.25) is 0 Å². The monoisotopic (exact) mass is 490 g/mol. The van der Waals surface area contributed by atoms with Crippen molar-refractivity contribution in [3.63, 3.8) is 0 Å². The number of ketones is 1. The highest BCUT2D eigenvalue weighted by Crippen LogP contribution is 2.24. The van der Waals surface area contributed by atoms with Gasteiger partial charge in [0.15, 0.2) is 5.78 Å². The average Bonchev–Trinajstić information content (AvgIpc) is 2.68. The standard InChI is InChI=1S/C21H21IN3O3/c1-23(2)18-6-3-15(4-7-18)16-9-11-24(12-10-16)14-21(26)17-5-8-19(22)20(13-17)25(27)28/h3-13,18,27H,14H2,1-2H3/q-1. The summed E-state index contributed by atoms with van der Waals surface area (Å²) in [6.07, 6.45) is 16.2. The van der Waals surface area contributed by atoms with Crippen molar-refractivity contribution in [1.29, 1.82) is 0 Å². The van der Waals surface area contributed by atoms with E-state index in [0.717, 1.165) is 11.1 Å². The summed E-state index contributed by atoms with van der Waals surface area (Å²) in [5.74, 6) is -0.142. The number of halogens is 1. The Morgan fingerprint density at radius 2 is 1.75 bits per heavy atom. The van der Waals surface area contributed by atoms with Crippen molar-refractivity contribution < 1.29 is 10.0 Å². The van der Waals surface area contributed by atoms with Crippen molar-refractivity contribution in [3.05, 3.63) is 92.5 Å². The first-order valence-electron chi connectivity index (χ1n) is 8.73. The number of likely N-dealkylation sites (N-methyl/N-ethyl adjacent to an activating group) is 1. The topological polar surface area (TPSA) is 70.1 Å². The van der Waals surface area contributed by atoms with Gasteiger partial charge in [0.25, 0.3) is 0 Å². The van der Waals surface area contributed by atoms with Crippen LogP contribution in [-0.2, 0) is 0 Å². The van der Waals surface area contributed by atoms with Gasteiger partial charge in [-0.25, -0.2) is 0 Å². The lowest BCUT2D eigenvalue weighted by Crippen LogP contribution is -2.24. The van der Waals surface area contributed by atoms with Crippen molar-refractivity contribution in [2.24, 2.45) is 0 Å². The van der Waals surface area contributed by atoms with Crippen LogP contribution in [0.3, 0.4) is 0 Å². The zero-order chi connectivity index (χ0) is 20.3. The first-order chi connectivity index (χ1) is 13.3. The maximum Gasteiger partial charge on any atom is 0.182 e. The molecule has 1 aromatic rings. The number of Topliss-reactive ketones (excluding diaryl/α,β-unsaturated/α-hetero) is 1. The number of hydrogen-bond donors (Lipinski definition) is 1. The van der Waals surface area contributed by atoms with Crippen molar-refractivity contribution in [3.8, 4) is 0 Å². The minimum atomic E-state index is -0.218. The predicted molar refractivity (Wildman–Crippen MR) is 119 cm³/mol. The molecule has 2 aliphatic rings. The van der Waals surface area contributed by atoms with Gasteiger partial charge in [0.1, 0.15) is 0 Å². The predicted octanol–water partition coefficient (Wildman–Crippen LogP) is 3.86. The summed E-state index contributed by atoms with van der Waals surface area (Å²) in [5.41, 5.74) is 2.64. The number of carbonyl (C=O) groups is 1. The average molecular weight is 490 g/mol. The Morgan fingerprint density at radius 1 is 1.14 bits per heavy atom. The summed E-state index contributed by atoms with van der Waals surface area (Å²) in [6, 6.07) is 5.00. The molecule has 0 unspecified atom stereocenters. The number of allylic oxidation sites excluding steroid dienone is 6. The molecule has 1 N–H and O–H groups in total. The third-order valence-corrected chi connectivity index (χ3v) is 5.48. The van der Waals surface area contributed by atoms with Crippen LogP contribution in [0.1, 0.15) is 10.4 Å². The van der Waals surface area contributed by atoms with Crippen molar-refractivity contribution >= 4 is 34.1 Å². The Bertz CT molecular complexity index is 881. The van der Waals surface area contributed by atoms with Crippen LogP contribution in [0.15, 0.2) is 78.2 Å². The molecule has 0 fully saturated rings. The van der Waals surface area contributed by atoms with Gasteiger partial charge in [-0.1, -0.05) is 30.4 Å². The smallest absolute Gasteiger partial charge is 0.182 e. The SMILES string of the molecule is CN(C)C1C=CC(=C2C=CN(CC(=O)c3ccc(I)c(N([O-])O)c3)C=C2)C=C1. The van der Waals surface area contributed by atoms with E-state index in [0.29, 0.717) is 15.2 Å². The second-order valence-electron chi connectivity index (χ2n) is 6.75. The summed E-state index contributed by atoms with van der Waals surface area (Å²) >= 11 is 1.93. The van der Waals surface area contributed by atoms with Crippen LogP contribution in [0.4, 0.5) is 5.69 Å². The van der Waals surface area contributed by atoms with Crippen LogP contribution in [0.5, 0.6) is 0 Å². The van der Waals surface area contributed by atoms with E-state index in [4.69, 9.17) is 5.21 Å². The number of nitrogens with zero attached hydrogens (tertiary/aromatic N) is 3. The van der Waals surface area contributed by atoms with E-state index in [1.165, 1.54) is 6.07 Å². The lowest BCUT2D eigenvalue weighted by atomic mass is 9.99. The fourth-order valence-electron chi connectivity index (χ4n) is 2.91. The fourth-order valence-corrected chi connectivity index (χ4v) is 3.45. The van der Waals surface area contributed by atoms with Crippen LogP contribution < -0.4 is 5.23 Å². The Kier molecular flexibility index (Phi) is 6.50. The van der Waals surface area contributed by atoms with Crippen LogP contribution >= 0.6 is 22.6 Å². The molecule has 0 saturated carbocycles. The highest BCUT2D eigenvalue weighted by Gasteiger charge is 2.14. The van der Waals surface area contributed by atoms with Crippen LogP contribution in [0.2, 0.25) is 0 Å². The van der Waals surface area contributed by atoms with Gasteiger partial charge in [-0.2, -0.15) is 0 Å². The lowest BCUT2D eigenvalue weighted by molar-refractivity contribution is 0.0969. The van der Waals surface area contributed by atoms with E-state index in [9.17, 15) is 10.0 Å². The number of hydrogen-bond acceptors (Lipinski definition) is 6. The van der Waals surface area contributed by atoms with Gasteiger partial charge in [-0.15, -0.1) is 0 Å². The molecule has 0 aromatic heterocycles.